The van der Waals surface area contributed by atoms with E-state index in [1.165, 1.54) is 11.1 Å². The minimum absolute atomic E-state index is 0.570. The molecule has 0 saturated heterocycles. The first-order chi connectivity index (χ1) is 8.72. The quantitative estimate of drug-likeness (QED) is 0.755. The van der Waals surface area contributed by atoms with Gasteiger partial charge in [0.15, 0.2) is 0 Å². The van der Waals surface area contributed by atoms with Crippen LogP contribution in [0.3, 0.4) is 0 Å². The lowest BCUT2D eigenvalue weighted by Gasteiger charge is -2.20. The predicted molar refractivity (Wildman–Crippen MR) is 78.3 cm³/mol. The van der Waals surface area contributed by atoms with E-state index in [4.69, 9.17) is 10.5 Å². The van der Waals surface area contributed by atoms with E-state index in [0.29, 0.717) is 5.92 Å². The van der Waals surface area contributed by atoms with Crippen LogP contribution in [0.5, 0.6) is 5.75 Å². The first kappa shape index (κ1) is 15.0. The van der Waals surface area contributed by atoms with Gasteiger partial charge in [0.25, 0.3) is 0 Å². The highest BCUT2D eigenvalue weighted by Crippen LogP contribution is 2.33. The van der Waals surface area contributed by atoms with Crippen molar-refractivity contribution in [3.8, 4) is 5.75 Å². The van der Waals surface area contributed by atoms with Crippen molar-refractivity contribution in [3.05, 3.63) is 29.3 Å². The molecule has 0 radical (unpaired) electrons. The minimum Gasteiger partial charge on any atom is -0.493 e. The average molecular weight is 249 g/mol. The third-order valence-corrected chi connectivity index (χ3v) is 3.32. The number of benzene rings is 1. The molecule has 1 rings (SSSR count). The van der Waals surface area contributed by atoms with Gasteiger partial charge in [-0.2, -0.15) is 0 Å². The van der Waals surface area contributed by atoms with Crippen LogP contribution in [0.4, 0.5) is 0 Å². The van der Waals surface area contributed by atoms with Gasteiger partial charge in [-0.25, -0.2) is 0 Å². The van der Waals surface area contributed by atoms with Crippen molar-refractivity contribution in [3.63, 3.8) is 0 Å². The monoisotopic (exact) mass is 249 g/mol. The molecule has 0 amide bonds. The van der Waals surface area contributed by atoms with E-state index < -0.39 is 0 Å². The minimum atomic E-state index is 0.570. The van der Waals surface area contributed by atoms with Crippen LogP contribution in [0, 0.1) is 6.92 Å². The Balaban J connectivity index is 2.90. The Kier molecular flexibility index (Phi) is 6.81. The molecule has 1 unspecified atom stereocenters. The van der Waals surface area contributed by atoms with Crippen molar-refractivity contribution in [2.24, 2.45) is 5.73 Å². The van der Waals surface area contributed by atoms with Crippen molar-refractivity contribution >= 4 is 0 Å². The summed E-state index contributed by atoms with van der Waals surface area (Å²) >= 11 is 0. The number of hydrogen-bond acceptors (Lipinski definition) is 2. The second-order valence-electron chi connectivity index (χ2n) is 4.93. The van der Waals surface area contributed by atoms with Crippen LogP contribution in [0.15, 0.2) is 18.2 Å². The maximum absolute atomic E-state index is 5.87. The first-order valence-electron chi connectivity index (χ1n) is 7.16. The lowest BCUT2D eigenvalue weighted by molar-refractivity contribution is 0.311. The summed E-state index contributed by atoms with van der Waals surface area (Å²) in [7, 11) is 0. The van der Waals surface area contributed by atoms with Gasteiger partial charge in [0.1, 0.15) is 5.75 Å². The molecule has 0 fully saturated rings. The molecule has 0 spiro atoms. The molecule has 0 aliphatic heterocycles. The summed E-state index contributed by atoms with van der Waals surface area (Å²) in [4.78, 5) is 0. The fraction of sp³-hybridized carbons (Fsp3) is 0.625. The number of nitrogens with two attached hydrogens (primary N) is 1. The molecule has 0 heterocycles. The molecule has 2 N–H and O–H groups in total. The summed E-state index contributed by atoms with van der Waals surface area (Å²) in [6.07, 6.45) is 4.43. The Hall–Kier alpha value is -1.02. The topological polar surface area (TPSA) is 35.2 Å². The summed E-state index contributed by atoms with van der Waals surface area (Å²) in [5, 5.41) is 0. The van der Waals surface area contributed by atoms with Gasteiger partial charge in [0.05, 0.1) is 6.61 Å². The highest BCUT2D eigenvalue weighted by atomic mass is 16.5. The molecule has 102 valence electrons. The number of aryl methyl sites for hydroxylation is 1. The van der Waals surface area contributed by atoms with E-state index in [1.807, 2.05) is 0 Å². The molecule has 0 bridgehead atoms. The van der Waals surface area contributed by atoms with E-state index in [2.05, 4.69) is 39.0 Å². The van der Waals surface area contributed by atoms with Crippen LogP contribution in [-0.2, 0) is 0 Å². The van der Waals surface area contributed by atoms with E-state index >= 15 is 0 Å². The van der Waals surface area contributed by atoms with Gasteiger partial charge in [-0.3, -0.25) is 0 Å². The summed E-state index contributed by atoms with van der Waals surface area (Å²) in [6.45, 7) is 8.09. The molecule has 0 saturated carbocycles. The van der Waals surface area contributed by atoms with Gasteiger partial charge in [0, 0.05) is 0 Å². The predicted octanol–water partition coefficient (Wildman–Crippen LogP) is 4.02. The largest absolute Gasteiger partial charge is 0.493 e. The normalized spacial score (nSPS) is 12.4. The highest BCUT2D eigenvalue weighted by molar-refractivity contribution is 5.39. The Labute approximate surface area is 112 Å². The van der Waals surface area contributed by atoms with Gasteiger partial charge >= 0.3 is 0 Å². The lowest BCUT2D eigenvalue weighted by Crippen LogP contribution is -2.07. The van der Waals surface area contributed by atoms with Crippen molar-refractivity contribution in [2.45, 2.75) is 52.4 Å². The number of ether oxygens (including phenoxy) is 1. The third kappa shape index (κ3) is 4.34. The Bertz CT molecular complexity index is 349. The molecule has 1 atom stereocenters. The van der Waals surface area contributed by atoms with Crippen LogP contribution in [0.1, 0.15) is 56.6 Å². The fourth-order valence-electron chi connectivity index (χ4n) is 2.27. The molecule has 2 nitrogen and oxygen atoms in total. The summed E-state index contributed by atoms with van der Waals surface area (Å²) in [6, 6.07) is 6.52. The maximum atomic E-state index is 5.87. The number of hydrogen-bond donors (Lipinski definition) is 1. The van der Waals surface area contributed by atoms with Crippen molar-refractivity contribution in [1.29, 1.82) is 0 Å². The summed E-state index contributed by atoms with van der Waals surface area (Å²) < 4.78 is 5.87. The molecule has 1 aromatic carbocycles. The van der Waals surface area contributed by atoms with E-state index in [-0.39, 0.29) is 0 Å². The molecular formula is C16H27NO. The Morgan fingerprint density at radius 2 is 2.06 bits per heavy atom. The SMILES string of the molecule is CCCOc1ccc(C)cc1C(CC)CCCN. The molecule has 0 aliphatic rings. The zero-order valence-corrected chi connectivity index (χ0v) is 12.0. The molecule has 1 aromatic rings. The first-order valence-corrected chi connectivity index (χ1v) is 7.16. The van der Waals surface area contributed by atoms with Crippen molar-refractivity contribution < 1.29 is 4.74 Å². The highest BCUT2D eigenvalue weighted by Gasteiger charge is 2.14. The van der Waals surface area contributed by atoms with Crippen LogP contribution >= 0.6 is 0 Å². The second-order valence-corrected chi connectivity index (χ2v) is 4.93. The summed E-state index contributed by atoms with van der Waals surface area (Å²) in [5.41, 5.74) is 8.29. The molecule has 18 heavy (non-hydrogen) atoms. The molecule has 0 aromatic heterocycles. The van der Waals surface area contributed by atoms with Crippen molar-refractivity contribution in [1.82, 2.24) is 0 Å². The van der Waals surface area contributed by atoms with Crippen LogP contribution in [-0.4, -0.2) is 13.2 Å². The standard InChI is InChI=1S/C16H27NO/c1-4-11-18-16-9-8-13(3)12-15(16)14(5-2)7-6-10-17/h8-9,12,14H,4-7,10-11,17H2,1-3H3. The smallest absolute Gasteiger partial charge is 0.122 e. The van der Waals surface area contributed by atoms with Gasteiger partial charge in [-0.1, -0.05) is 31.5 Å². The lowest BCUT2D eigenvalue weighted by atomic mass is 9.90. The summed E-state index contributed by atoms with van der Waals surface area (Å²) in [5.74, 6) is 1.63. The van der Waals surface area contributed by atoms with Crippen LogP contribution in [0.25, 0.3) is 0 Å². The maximum Gasteiger partial charge on any atom is 0.122 e. The zero-order chi connectivity index (χ0) is 13.4. The van der Waals surface area contributed by atoms with Gasteiger partial charge in [-0.05, 0) is 56.7 Å². The van der Waals surface area contributed by atoms with Crippen molar-refractivity contribution in [2.75, 3.05) is 13.2 Å². The second kappa shape index (κ2) is 8.15. The number of rotatable bonds is 8. The van der Waals surface area contributed by atoms with Gasteiger partial charge in [0.2, 0.25) is 0 Å². The van der Waals surface area contributed by atoms with Gasteiger partial charge < -0.3 is 10.5 Å². The van der Waals surface area contributed by atoms with E-state index in [9.17, 15) is 0 Å². The van der Waals surface area contributed by atoms with Crippen LogP contribution < -0.4 is 10.5 Å². The molecular weight excluding hydrogens is 222 g/mol. The third-order valence-electron chi connectivity index (χ3n) is 3.32. The molecule has 2 heteroatoms. The molecule has 0 aliphatic carbocycles. The van der Waals surface area contributed by atoms with E-state index in [1.54, 1.807) is 0 Å². The van der Waals surface area contributed by atoms with E-state index in [0.717, 1.165) is 44.6 Å². The Morgan fingerprint density at radius 3 is 2.67 bits per heavy atom. The van der Waals surface area contributed by atoms with Crippen LogP contribution in [0.2, 0.25) is 0 Å². The zero-order valence-electron chi connectivity index (χ0n) is 12.0. The van der Waals surface area contributed by atoms with Gasteiger partial charge in [-0.15, -0.1) is 0 Å². The average Bonchev–Trinajstić information content (AvgIpc) is 2.38. The fourth-order valence-corrected chi connectivity index (χ4v) is 2.27. The Morgan fingerprint density at radius 1 is 1.28 bits per heavy atom.